The van der Waals surface area contributed by atoms with Crippen molar-refractivity contribution in [2.45, 2.75) is 27.7 Å². The molecule has 6 nitrogen and oxygen atoms in total. The van der Waals surface area contributed by atoms with Gasteiger partial charge in [0.05, 0.1) is 10.2 Å². The Morgan fingerprint density at radius 2 is 1.75 bits per heavy atom. The van der Waals surface area contributed by atoms with Crippen molar-refractivity contribution >= 4 is 45.0 Å². The average molecular weight is 476 g/mol. The minimum atomic E-state index is -0.0717. The van der Waals surface area contributed by atoms with Gasteiger partial charge in [-0.25, -0.2) is 4.98 Å². The summed E-state index contributed by atoms with van der Waals surface area (Å²) in [7, 11) is 0. The summed E-state index contributed by atoms with van der Waals surface area (Å²) in [6.07, 6.45) is 0. The van der Waals surface area contributed by atoms with Crippen LogP contribution in [0.3, 0.4) is 0 Å². The second kappa shape index (κ2) is 10.5. The van der Waals surface area contributed by atoms with Crippen LogP contribution in [0.15, 0.2) is 30.3 Å². The van der Waals surface area contributed by atoms with Gasteiger partial charge in [-0.15, -0.1) is 12.4 Å². The third-order valence-corrected chi connectivity index (χ3v) is 6.64. The maximum atomic E-state index is 13.6. The van der Waals surface area contributed by atoms with E-state index < -0.39 is 0 Å². The zero-order valence-corrected chi connectivity index (χ0v) is 20.6. The number of amides is 1. The van der Waals surface area contributed by atoms with Crippen molar-refractivity contribution in [2.75, 3.05) is 44.3 Å². The lowest BCUT2D eigenvalue weighted by molar-refractivity contribution is 0.0982. The molecule has 2 heterocycles. The van der Waals surface area contributed by atoms with E-state index in [4.69, 9.17) is 14.5 Å². The molecule has 3 aromatic rings. The van der Waals surface area contributed by atoms with Crippen LogP contribution in [0.4, 0.5) is 5.13 Å². The van der Waals surface area contributed by atoms with Crippen LogP contribution in [0.5, 0.6) is 11.5 Å². The number of carbonyl (C=O) groups excluding carboxylic acids is 1. The second-order valence-electron chi connectivity index (χ2n) is 7.77. The number of likely N-dealkylation sites (N-methyl/N-ethyl adjacent to an activating group) is 1. The smallest absolute Gasteiger partial charge is 0.260 e. The first kappa shape index (κ1) is 24.3. The molecule has 1 aliphatic heterocycles. The number of hydrogen-bond acceptors (Lipinski definition) is 6. The molecule has 0 spiro atoms. The summed E-state index contributed by atoms with van der Waals surface area (Å²) in [5.41, 5.74) is 3.88. The topological polar surface area (TPSA) is 54.9 Å². The number of halogens is 1. The Hall–Kier alpha value is -2.35. The number of benzene rings is 2. The number of nitrogens with zero attached hydrogens (tertiary/aromatic N) is 3. The number of aromatic nitrogens is 1. The molecule has 0 atom stereocenters. The summed E-state index contributed by atoms with van der Waals surface area (Å²) in [6, 6.07) is 9.68. The maximum absolute atomic E-state index is 13.6. The van der Waals surface area contributed by atoms with Crippen LogP contribution in [-0.2, 0) is 0 Å². The van der Waals surface area contributed by atoms with Gasteiger partial charge in [0.1, 0.15) is 13.2 Å². The molecule has 0 saturated heterocycles. The lowest BCUT2D eigenvalue weighted by atomic mass is 10.1. The van der Waals surface area contributed by atoms with Gasteiger partial charge >= 0.3 is 0 Å². The fourth-order valence-corrected chi connectivity index (χ4v) is 5.04. The molecule has 32 heavy (non-hydrogen) atoms. The Labute approximate surface area is 199 Å². The monoisotopic (exact) mass is 475 g/mol. The summed E-state index contributed by atoms with van der Waals surface area (Å²) in [5.74, 6) is 1.23. The molecule has 0 saturated carbocycles. The first-order valence-electron chi connectivity index (χ1n) is 10.8. The highest BCUT2D eigenvalue weighted by Gasteiger charge is 2.24. The number of anilines is 1. The molecule has 1 aromatic heterocycles. The Morgan fingerprint density at radius 1 is 1.03 bits per heavy atom. The van der Waals surface area contributed by atoms with Crippen molar-refractivity contribution in [3.05, 3.63) is 47.0 Å². The fourth-order valence-electron chi connectivity index (χ4n) is 3.87. The molecule has 0 radical (unpaired) electrons. The number of fused-ring (bicyclic) bond motifs is 2. The van der Waals surface area contributed by atoms with Gasteiger partial charge in [0.15, 0.2) is 16.6 Å². The van der Waals surface area contributed by atoms with E-state index in [0.29, 0.717) is 36.8 Å². The van der Waals surface area contributed by atoms with Gasteiger partial charge in [0.2, 0.25) is 0 Å². The molecule has 2 aromatic carbocycles. The van der Waals surface area contributed by atoms with Crippen molar-refractivity contribution in [3.8, 4) is 11.5 Å². The number of carbonyl (C=O) groups is 1. The SMILES string of the molecule is CCN(CC)CCN(C(=O)c1ccc2c(c1)OCCO2)c1nc2c(C)cc(C)cc2s1.Cl. The van der Waals surface area contributed by atoms with Crippen molar-refractivity contribution in [2.24, 2.45) is 0 Å². The van der Waals surface area contributed by atoms with Crippen molar-refractivity contribution in [1.29, 1.82) is 0 Å². The number of thiazole rings is 1. The summed E-state index contributed by atoms with van der Waals surface area (Å²) >= 11 is 1.57. The fraction of sp³-hybridized carbons (Fsp3) is 0.417. The standard InChI is InChI=1S/C24H29N3O3S.ClH/c1-5-26(6-2)9-10-27(24-25-22-17(4)13-16(3)14-21(22)31-24)23(28)18-7-8-19-20(15-18)30-12-11-29-19;/h7-8,13-15H,5-6,9-12H2,1-4H3;1H. The molecular formula is C24H30ClN3O3S. The Bertz CT molecular complexity index is 1100. The zero-order valence-electron chi connectivity index (χ0n) is 19.0. The lowest BCUT2D eigenvalue weighted by Crippen LogP contribution is -2.39. The van der Waals surface area contributed by atoms with E-state index in [1.807, 2.05) is 17.0 Å². The van der Waals surface area contributed by atoms with E-state index in [0.717, 1.165) is 40.5 Å². The first-order valence-corrected chi connectivity index (χ1v) is 11.6. The van der Waals surface area contributed by atoms with E-state index in [-0.39, 0.29) is 18.3 Å². The highest BCUT2D eigenvalue weighted by atomic mass is 35.5. The van der Waals surface area contributed by atoms with Gasteiger partial charge in [0, 0.05) is 18.7 Å². The van der Waals surface area contributed by atoms with Gasteiger partial charge < -0.3 is 14.4 Å². The van der Waals surface area contributed by atoms with Crippen molar-refractivity contribution < 1.29 is 14.3 Å². The van der Waals surface area contributed by atoms with Gasteiger partial charge in [-0.1, -0.05) is 31.3 Å². The Morgan fingerprint density at radius 3 is 2.47 bits per heavy atom. The molecule has 8 heteroatoms. The summed E-state index contributed by atoms with van der Waals surface area (Å²) in [5, 5.41) is 0.732. The molecule has 0 fully saturated rings. The minimum absolute atomic E-state index is 0. The molecule has 4 rings (SSSR count). The Kier molecular flexibility index (Phi) is 7.98. The van der Waals surface area contributed by atoms with Gasteiger partial charge in [-0.2, -0.15) is 0 Å². The van der Waals surface area contributed by atoms with E-state index in [1.54, 1.807) is 17.4 Å². The quantitative estimate of drug-likeness (QED) is 0.476. The molecule has 0 N–H and O–H groups in total. The van der Waals surface area contributed by atoms with Crippen LogP contribution in [0.1, 0.15) is 35.3 Å². The third kappa shape index (κ3) is 5.00. The summed E-state index contributed by atoms with van der Waals surface area (Å²) in [4.78, 5) is 22.6. The normalized spacial score (nSPS) is 12.7. The molecule has 172 valence electrons. The predicted octanol–water partition coefficient (Wildman–Crippen LogP) is 5.09. The summed E-state index contributed by atoms with van der Waals surface area (Å²) in [6.45, 7) is 12.7. The number of hydrogen-bond donors (Lipinski definition) is 0. The summed E-state index contributed by atoms with van der Waals surface area (Å²) < 4.78 is 12.4. The van der Waals surface area contributed by atoms with Crippen LogP contribution < -0.4 is 14.4 Å². The Balaban J connectivity index is 0.00000289. The molecule has 0 bridgehead atoms. The van der Waals surface area contributed by atoms with E-state index >= 15 is 0 Å². The van der Waals surface area contributed by atoms with Crippen LogP contribution >= 0.6 is 23.7 Å². The van der Waals surface area contributed by atoms with Crippen LogP contribution in [-0.4, -0.2) is 55.2 Å². The van der Waals surface area contributed by atoms with E-state index in [9.17, 15) is 4.79 Å². The van der Waals surface area contributed by atoms with Crippen molar-refractivity contribution in [3.63, 3.8) is 0 Å². The highest BCUT2D eigenvalue weighted by Crippen LogP contribution is 2.34. The van der Waals surface area contributed by atoms with Crippen LogP contribution in [0, 0.1) is 13.8 Å². The van der Waals surface area contributed by atoms with Crippen molar-refractivity contribution in [1.82, 2.24) is 9.88 Å². The first-order chi connectivity index (χ1) is 15.0. The van der Waals surface area contributed by atoms with Crippen LogP contribution in [0.2, 0.25) is 0 Å². The largest absolute Gasteiger partial charge is 0.486 e. The number of aryl methyl sites for hydroxylation is 2. The molecule has 1 amide bonds. The third-order valence-electron chi connectivity index (χ3n) is 5.62. The number of ether oxygens (including phenoxy) is 2. The van der Waals surface area contributed by atoms with Crippen LogP contribution in [0.25, 0.3) is 10.2 Å². The molecule has 0 aliphatic carbocycles. The molecular weight excluding hydrogens is 446 g/mol. The van der Waals surface area contributed by atoms with Gasteiger partial charge in [0.25, 0.3) is 5.91 Å². The van der Waals surface area contributed by atoms with E-state index in [1.165, 1.54) is 5.56 Å². The van der Waals surface area contributed by atoms with Gasteiger partial charge in [-0.3, -0.25) is 9.69 Å². The maximum Gasteiger partial charge on any atom is 0.260 e. The predicted molar refractivity (Wildman–Crippen MR) is 133 cm³/mol. The lowest BCUT2D eigenvalue weighted by Gasteiger charge is -2.25. The second-order valence-corrected chi connectivity index (χ2v) is 8.78. The zero-order chi connectivity index (χ0) is 22.0. The average Bonchev–Trinajstić information content (AvgIpc) is 3.20. The highest BCUT2D eigenvalue weighted by molar-refractivity contribution is 7.22. The molecule has 1 aliphatic rings. The molecule has 0 unspecified atom stereocenters. The van der Waals surface area contributed by atoms with E-state index in [2.05, 4.69) is 44.7 Å². The minimum Gasteiger partial charge on any atom is -0.486 e. The van der Waals surface area contributed by atoms with Gasteiger partial charge in [-0.05, 0) is 62.3 Å². The number of rotatable bonds is 7.